The second kappa shape index (κ2) is 7.19. The quantitative estimate of drug-likeness (QED) is 0.514. The van der Waals surface area contributed by atoms with E-state index in [0.29, 0.717) is 18.6 Å². The van der Waals surface area contributed by atoms with Gasteiger partial charge in [-0.15, -0.1) is 0 Å². The summed E-state index contributed by atoms with van der Waals surface area (Å²) in [6, 6.07) is 1.07. The molecule has 4 heteroatoms. The lowest BCUT2D eigenvalue weighted by molar-refractivity contribution is 0.0970. The summed E-state index contributed by atoms with van der Waals surface area (Å²) in [6.07, 6.45) is 4.77. The molecule has 0 aromatic heterocycles. The van der Waals surface area contributed by atoms with Crippen LogP contribution in [0.1, 0.15) is 55.8 Å². The summed E-state index contributed by atoms with van der Waals surface area (Å²) >= 11 is 0. The van der Waals surface area contributed by atoms with Crippen molar-refractivity contribution in [1.82, 2.24) is 0 Å². The van der Waals surface area contributed by atoms with Gasteiger partial charge in [-0.1, -0.05) is 32.6 Å². The molecule has 0 heterocycles. The molecule has 1 aromatic rings. The number of benzene rings is 1. The van der Waals surface area contributed by atoms with Gasteiger partial charge in [-0.25, -0.2) is 13.2 Å². The molecule has 1 rings (SSSR count). The predicted molar refractivity (Wildman–Crippen MR) is 64.0 cm³/mol. The molecular weight excluding hydrogens is 241 g/mol. The van der Waals surface area contributed by atoms with Crippen molar-refractivity contribution in [3.63, 3.8) is 0 Å². The minimum Gasteiger partial charge on any atom is -0.294 e. The van der Waals surface area contributed by atoms with Crippen molar-refractivity contribution >= 4 is 5.78 Å². The fraction of sp³-hybridized carbons (Fsp3) is 0.500. The fourth-order valence-corrected chi connectivity index (χ4v) is 1.82. The molecule has 100 valence electrons. The molecule has 18 heavy (non-hydrogen) atoms. The standard InChI is InChI=1S/C14H17F3O/c1-2-3-4-5-6-7-13(18)14-11(16)8-10(15)9-12(14)17/h8-9H,2-7H2,1H3. The summed E-state index contributed by atoms with van der Waals surface area (Å²) in [4.78, 5) is 11.6. The largest absolute Gasteiger partial charge is 0.294 e. The van der Waals surface area contributed by atoms with Crippen molar-refractivity contribution in [2.45, 2.75) is 45.4 Å². The molecule has 0 radical (unpaired) electrons. The van der Waals surface area contributed by atoms with Gasteiger partial charge in [0.1, 0.15) is 17.5 Å². The number of unbranched alkanes of at least 4 members (excludes halogenated alkanes) is 4. The molecule has 0 spiro atoms. The zero-order valence-corrected chi connectivity index (χ0v) is 10.4. The van der Waals surface area contributed by atoms with Crippen LogP contribution in [-0.2, 0) is 0 Å². The van der Waals surface area contributed by atoms with Crippen LogP contribution in [0.15, 0.2) is 12.1 Å². The Kier molecular flexibility index (Phi) is 5.89. The van der Waals surface area contributed by atoms with Gasteiger partial charge in [0, 0.05) is 18.6 Å². The molecule has 1 aromatic carbocycles. The summed E-state index contributed by atoms with van der Waals surface area (Å²) in [5.74, 6) is -3.84. The van der Waals surface area contributed by atoms with Crippen LogP contribution < -0.4 is 0 Å². The Balaban J connectivity index is 2.57. The third-order valence-corrected chi connectivity index (χ3v) is 2.79. The summed E-state index contributed by atoms with van der Waals surface area (Å²) < 4.78 is 39.3. The Morgan fingerprint density at radius 2 is 1.56 bits per heavy atom. The maximum atomic E-state index is 13.3. The SMILES string of the molecule is CCCCCCCC(=O)c1c(F)cc(F)cc1F. The molecule has 0 aliphatic rings. The number of halogens is 3. The van der Waals surface area contributed by atoms with Crippen LogP contribution in [0.5, 0.6) is 0 Å². The van der Waals surface area contributed by atoms with E-state index in [4.69, 9.17) is 0 Å². The van der Waals surface area contributed by atoms with Gasteiger partial charge in [-0.2, -0.15) is 0 Å². The van der Waals surface area contributed by atoms with E-state index in [9.17, 15) is 18.0 Å². The fourth-order valence-electron chi connectivity index (χ4n) is 1.82. The Bertz CT molecular complexity index is 392. The second-order valence-electron chi connectivity index (χ2n) is 4.33. The van der Waals surface area contributed by atoms with Crippen LogP contribution in [0.3, 0.4) is 0 Å². The monoisotopic (exact) mass is 258 g/mol. The van der Waals surface area contributed by atoms with E-state index in [1.54, 1.807) is 0 Å². The van der Waals surface area contributed by atoms with E-state index in [0.717, 1.165) is 25.7 Å². The molecule has 0 atom stereocenters. The first kappa shape index (κ1) is 14.7. The van der Waals surface area contributed by atoms with Crippen molar-refractivity contribution in [1.29, 1.82) is 0 Å². The van der Waals surface area contributed by atoms with Crippen LogP contribution >= 0.6 is 0 Å². The van der Waals surface area contributed by atoms with Gasteiger partial charge >= 0.3 is 0 Å². The molecule has 0 N–H and O–H groups in total. The van der Waals surface area contributed by atoms with Gasteiger partial charge in [-0.05, 0) is 6.42 Å². The first-order valence-corrected chi connectivity index (χ1v) is 6.24. The summed E-state index contributed by atoms with van der Waals surface area (Å²) in [6.45, 7) is 2.08. The molecule has 0 fully saturated rings. The molecule has 0 aliphatic heterocycles. The molecule has 0 unspecified atom stereocenters. The highest BCUT2D eigenvalue weighted by atomic mass is 19.1. The van der Waals surface area contributed by atoms with Crippen LogP contribution in [0.4, 0.5) is 13.2 Å². The number of rotatable bonds is 7. The van der Waals surface area contributed by atoms with Crippen LogP contribution in [-0.4, -0.2) is 5.78 Å². The van der Waals surface area contributed by atoms with Crippen LogP contribution in [0, 0.1) is 17.5 Å². The zero-order chi connectivity index (χ0) is 13.5. The number of ketones is 1. The van der Waals surface area contributed by atoms with Crippen molar-refractivity contribution in [2.75, 3.05) is 0 Å². The summed E-state index contributed by atoms with van der Waals surface area (Å²) in [5.41, 5.74) is -0.619. The average Bonchev–Trinajstić information content (AvgIpc) is 2.27. The van der Waals surface area contributed by atoms with E-state index in [2.05, 4.69) is 6.92 Å². The zero-order valence-electron chi connectivity index (χ0n) is 10.4. The highest BCUT2D eigenvalue weighted by molar-refractivity contribution is 5.96. The topological polar surface area (TPSA) is 17.1 Å². The molecule has 0 amide bonds. The molecule has 0 bridgehead atoms. The molecular formula is C14H17F3O. The van der Waals surface area contributed by atoms with E-state index >= 15 is 0 Å². The van der Waals surface area contributed by atoms with Crippen LogP contribution in [0.2, 0.25) is 0 Å². The minimum absolute atomic E-state index is 0.100. The van der Waals surface area contributed by atoms with Gasteiger partial charge in [0.2, 0.25) is 0 Å². The highest BCUT2D eigenvalue weighted by Gasteiger charge is 2.18. The predicted octanol–water partition coefficient (Wildman–Crippen LogP) is 4.65. The van der Waals surface area contributed by atoms with E-state index in [-0.39, 0.29) is 6.42 Å². The molecule has 0 saturated carbocycles. The maximum absolute atomic E-state index is 13.3. The van der Waals surface area contributed by atoms with Gasteiger partial charge in [0.15, 0.2) is 5.78 Å². The van der Waals surface area contributed by atoms with Gasteiger partial charge in [0.05, 0.1) is 5.56 Å². The number of hydrogen-bond donors (Lipinski definition) is 0. The highest BCUT2D eigenvalue weighted by Crippen LogP contribution is 2.18. The van der Waals surface area contributed by atoms with Gasteiger partial charge < -0.3 is 0 Å². The van der Waals surface area contributed by atoms with E-state index in [1.807, 2.05) is 0 Å². The normalized spacial score (nSPS) is 10.7. The first-order valence-electron chi connectivity index (χ1n) is 6.24. The number of carbonyl (C=O) groups excluding carboxylic acids is 1. The third kappa shape index (κ3) is 4.17. The number of carbonyl (C=O) groups is 1. The average molecular weight is 258 g/mol. The summed E-state index contributed by atoms with van der Waals surface area (Å²) in [7, 11) is 0. The Morgan fingerprint density at radius 3 is 2.11 bits per heavy atom. The lowest BCUT2D eigenvalue weighted by Gasteiger charge is -2.04. The minimum atomic E-state index is -1.12. The van der Waals surface area contributed by atoms with Crippen molar-refractivity contribution in [3.05, 3.63) is 35.1 Å². The smallest absolute Gasteiger partial charge is 0.168 e. The maximum Gasteiger partial charge on any atom is 0.168 e. The lowest BCUT2D eigenvalue weighted by atomic mass is 10.0. The molecule has 1 nitrogen and oxygen atoms in total. The lowest BCUT2D eigenvalue weighted by Crippen LogP contribution is -2.06. The van der Waals surface area contributed by atoms with Gasteiger partial charge in [0.25, 0.3) is 0 Å². The van der Waals surface area contributed by atoms with Crippen molar-refractivity contribution in [2.24, 2.45) is 0 Å². The van der Waals surface area contributed by atoms with Gasteiger partial charge in [-0.3, -0.25) is 4.79 Å². The second-order valence-corrected chi connectivity index (χ2v) is 4.33. The molecule has 0 aliphatic carbocycles. The first-order chi connectivity index (χ1) is 8.56. The number of hydrogen-bond acceptors (Lipinski definition) is 1. The Labute approximate surface area is 105 Å². The Morgan fingerprint density at radius 1 is 1.00 bits per heavy atom. The third-order valence-electron chi connectivity index (χ3n) is 2.79. The van der Waals surface area contributed by atoms with E-state index < -0.39 is 28.8 Å². The summed E-state index contributed by atoms with van der Waals surface area (Å²) in [5, 5.41) is 0. The molecule has 0 saturated heterocycles. The number of Topliss-reactive ketones (excluding diaryl/α,β-unsaturated/α-hetero) is 1. The van der Waals surface area contributed by atoms with Crippen LogP contribution in [0.25, 0.3) is 0 Å². The van der Waals surface area contributed by atoms with Crippen molar-refractivity contribution < 1.29 is 18.0 Å². The van der Waals surface area contributed by atoms with Crippen molar-refractivity contribution in [3.8, 4) is 0 Å². The van der Waals surface area contributed by atoms with E-state index in [1.165, 1.54) is 0 Å². The Hall–Kier alpha value is -1.32.